The molecule has 0 fully saturated rings. The molecule has 1 aromatic carbocycles. The largest absolute Gasteiger partial charge is 0.280 e. The highest BCUT2D eigenvalue weighted by Gasteiger charge is 1.88. The average molecular weight is 212 g/mol. The molecule has 82 valence electrons. The summed E-state index contributed by atoms with van der Waals surface area (Å²) in [6.45, 7) is 2.11. The molecule has 0 spiro atoms. The summed E-state index contributed by atoms with van der Waals surface area (Å²) in [6, 6.07) is 9.74. The predicted octanol–water partition coefficient (Wildman–Crippen LogP) is 3.46. The normalized spacial score (nSPS) is 9.81. The lowest BCUT2D eigenvalue weighted by atomic mass is 10.2. The SMILES string of the molecule is CCCCC#CC(=O)/C=C/c1ccccc1. The number of allylic oxidation sites excluding steroid dienone is 1. The minimum Gasteiger partial charge on any atom is -0.280 e. The van der Waals surface area contributed by atoms with E-state index in [1.165, 1.54) is 6.08 Å². The molecule has 0 aliphatic carbocycles. The Hall–Kier alpha value is -1.81. The van der Waals surface area contributed by atoms with Crippen molar-refractivity contribution in [2.45, 2.75) is 26.2 Å². The fourth-order valence-electron chi connectivity index (χ4n) is 1.19. The fourth-order valence-corrected chi connectivity index (χ4v) is 1.19. The molecule has 0 unspecified atom stereocenters. The van der Waals surface area contributed by atoms with Crippen molar-refractivity contribution in [1.82, 2.24) is 0 Å². The van der Waals surface area contributed by atoms with E-state index in [0.717, 1.165) is 24.8 Å². The first-order chi connectivity index (χ1) is 7.83. The van der Waals surface area contributed by atoms with Gasteiger partial charge in [0.25, 0.3) is 0 Å². The number of benzene rings is 1. The minimum atomic E-state index is -0.125. The molecule has 0 saturated heterocycles. The molecular weight excluding hydrogens is 196 g/mol. The second kappa shape index (κ2) is 7.48. The van der Waals surface area contributed by atoms with Crippen molar-refractivity contribution in [2.24, 2.45) is 0 Å². The van der Waals surface area contributed by atoms with Crippen LogP contribution in [-0.2, 0) is 4.79 Å². The molecule has 0 aromatic heterocycles. The van der Waals surface area contributed by atoms with Crippen molar-refractivity contribution >= 4 is 11.9 Å². The molecule has 1 nitrogen and oxygen atoms in total. The Morgan fingerprint density at radius 1 is 1.31 bits per heavy atom. The van der Waals surface area contributed by atoms with Crippen LogP contribution in [0.2, 0.25) is 0 Å². The van der Waals surface area contributed by atoms with Gasteiger partial charge in [-0.3, -0.25) is 4.79 Å². The van der Waals surface area contributed by atoms with Crippen molar-refractivity contribution in [3.05, 3.63) is 42.0 Å². The van der Waals surface area contributed by atoms with Gasteiger partial charge in [0.05, 0.1) is 0 Å². The second-order valence-electron chi connectivity index (χ2n) is 3.51. The van der Waals surface area contributed by atoms with Gasteiger partial charge in [0.2, 0.25) is 5.78 Å². The topological polar surface area (TPSA) is 17.1 Å². The number of carbonyl (C=O) groups is 1. The molecular formula is C15H16O. The van der Waals surface area contributed by atoms with Crippen molar-refractivity contribution in [3.8, 4) is 11.8 Å². The summed E-state index contributed by atoms with van der Waals surface area (Å²) in [5.74, 6) is 5.36. The molecule has 0 saturated carbocycles. The quantitative estimate of drug-likeness (QED) is 0.323. The lowest BCUT2D eigenvalue weighted by Crippen LogP contribution is -1.85. The van der Waals surface area contributed by atoms with Gasteiger partial charge in [-0.15, -0.1) is 0 Å². The zero-order chi connectivity index (χ0) is 11.6. The van der Waals surface area contributed by atoms with Crippen LogP contribution in [0.15, 0.2) is 36.4 Å². The van der Waals surface area contributed by atoms with E-state index < -0.39 is 0 Å². The number of ketones is 1. The molecule has 0 amide bonds. The van der Waals surface area contributed by atoms with Crippen LogP contribution in [0.1, 0.15) is 31.7 Å². The van der Waals surface area contributed by atoms with Gasteiger partial charge in [-0.1, -0.05) is 55.7 Å². The number of rotatable bonds is 4. The van der Waals surface area contributed by atoms with Gasteiger partial charge in [-0.05, 0) is 24.0 Å². The van der Waals surface area contributed by atoms with E-state index in [0.29, 0.717) is 0 Å². The first kappa shape index (κ1) is 12.3. The molecule has 1 rings (SSSR count). The van der Waals surface area contributed by atoms with Crippen LogP contribution in [0.25, 0.3) is 6.08 Å². The maximum Gasteiger partial charge on any atom is 0.228 e. The molecule has 0 bridgehead atoms. The van der Waals surface area contributed by atoms with E-state index in [-0.39, 0.29) is 5.78 Å². The smallest absolute Gasteiger partial charge is 0.228 e. The highest BCUT2D eigenvalue weighted by Crippen LogP contribution is 2.00. The lowest BCUT2D eigenvalue weighted by molar-refractivity contribution is -0.109. The molecule has 0 atom stereocenters. The van der Waals surface area contributed by atoms with Gasteiger partial charge in [0, 0.05) is 6.42 Å². The monoisotopic (exact) mass is 212 g/mol. The molecule has 1 heteroatoms. The molecule has 0 heterocycles. The van der Waals surface area contributed by atoms with Crippen LogP contribution in [-0.4, -0.2) is 5.78 Å². The number of hydrogen-bond acceptors (Lipinski definition) is 1. The summed E-state index contributed by atoms with van der Waals surface area (Å²) in [5, 5.41) is 0. The van der Waals surface area contributed by atoms with Gasteiger partial charge in [0.15, 0.2) is 0 Å². The van der Waals surface area contributed by atoms with Crippen molar-refractivity contribution in [3.63, 3.8) is 0 Å². The molecule has 0 aliphatic heterocycles. The van der Waals surface area contributed by atoms with Crippen LogP contribution in [0.4, 0.5) is 0 Å². The van der Waals surface area contributed by atoms with Crippen LogP contribution < -0.4 is 0 Å². The number of hydrogen-bond donors (Lipinski definition) is 0. The first-order valence-corrected chi connectivity index (χ1v) is 5.59. The van der Waals surface area contributed by atoms with Gasteiger partial charge in [0.1, 0.15) is 0 Å². The summed E-state index contributed by atoms with van der Waals surface area (Å²) in [7, 11) is 0. The summed E-state index contributed by atoms with van der Waals surface area (Å²) in [5.41, 5.74) is 1.02. The van der Waals surface area contributed by atoms with Crippen molar-refractivity contribution in [1.29, 1.82) is 0 Å². The summed E-state index contributed by atoms with van der Waals surface area (Å²) in [4.78, 5) is 11.3. The van der Waals surface area contributed by atoms with E-state index in [1.54, 1.807) is 6.08 Å². The highest BCUT2D eigenvalue weighted by molar-refractivity contribution is 6.06. The highest BCUT2D eigenvalue weighted by atomic mass is 16.1. The van der Waals surface area contributed by atoms with E-state index in [9.17, 15) is 4.79 Å². The molecule has 1 aromatic rings. The fraction of sp³-hybridized carbons (Fsp3) is 0.267. The molecule has 16 heavy (non-hydrogen) atoms. The Morgan fingerprint density at radius 2 is 2.06 bits per heavy atom. The van der Waals surface area contributed by atoms with Crippen molar-refractivity contribution in [2.75, 3.05) is 0 Å². The van der Waals surface area contributed by atoms with Crippen molar-refractivity contribution < 1.29 is 4.79 Å². The van der Waals surface area contributed by atoms with Crippen LogP contribution in [0.3, 0.4) is 0 Å². The minimum absolute atomic E-state index is 0.125. The van der Waals surface area contributed by atoms with Crippen LogP contribution in [0.5, 0.6) is 0 Å². The number of carbonyl (C=O) groups excluding carboxylic acids is 1. The first-order valence-electron chi connectivity index (χ1n) is 5.59. The molecule has 0 radical (unpaired) electrons. The van der Waals surface area contributed by atoms with Gasteiger partial charge >= 0.3 is 0 Å². The number of unbranched alkanes of at least 4 members (excludes halogenated alkanes) is 2. The van der Waals surface area contributed by atoms with Gasteiger partial charge in [-0.25, -0.2) is 0 Å². The third-order valence-corrected chi connectivity index (χ3v) is 2.09. The zero-order valence-corrected chi connectivity index (χ0v) is 9.57. The summed E-state index contributed by atoms with van der Waals surface area (Å²) < 4.78 is 0. The third kappa shape index (κ3) is 5.17. The predicted molar refractivity (Wildman–Crippen MR) is 67.8 cm³/mol. The maximum absolute atomic E-state index is 11.3. The Labute approximate surface area is 97.2 Å². The van der Waals surface area contributed by atoms with Gasteiger partial charge in [-0.2, -0.15) is 0 Å². The van der Waals surface area contributed by atoms with Gasteiger partial charge < -0.3 is 0 Å². The second-order valence-corrected chi connectivity index (χ2v) is 3.51. The third-order valence-electron chi connectivity index (χ3n) is 2.09. The summed E-state index contributed by atoms with van der Waals surface area (Å²) in [6.07, 6.45) is 6.29. The Kier molecular flexibility index (Phi) is 5.73. The Morgan fingerprint density at radius 3 is 2.75 bits per heavy atom. The Balaban J connectivity index is 2.44. The van der Waals surface area contributed by atoms with Crippen LogP contribution >= 0.6 is 0 Å². The zero-order valence-electron chi connectivity index (χ0n) is 9.57. The molecule has 0 N–H and O–H groups in total. The van der Waals surface area contributed by atoms with E-state index in [2.05, 4.69) is 18.8 Å². The standard InChI is InChI=1S/C15H16O/c1-2-3-4-8-11-15(16)13-12-14-9-6-5-7-10-14/h5-7,9-10,12-13H,2-4H2,1H3/b13-12+. The maximum atomic E-state index is 11.3. The average Bonchev–Trinajstić information content (AvgIpc) is 2.33. The van der Waals surface area contributed by atoms with E-state index in [4.69, 9.17) is 0 Å². The van der Waals surface area contributed by atoms with E-state index >= 15 is 0 Å². The van der Waals surface area contributed by atoms with Crippen LogP contribution in [0, 0.1) is 11.8 Å². The lowest BCUT2D eigenvalue weighted by Gasteiger charge is -1.88. The van der Waals surface area contributed by atoms with E-state index in [1.807, 2.05) is 30.3 Å². The summed E-state index contributed by atoms with van der Waals surface area (Å²) >= 11 is 0. The Bertz CT molecular complexity index is 404. The molecule has 0 aliphatic rings.